The van der Waals surface area contributed by atoms with Crippen molar-refractivity contribution in [2.75, 3.05) is 0 Å². The van der Waals surface area contributed by atoms with Gasteiger partial charge in [-0.15, -0.1) is 0 Å². The van der Waals surface area contributed by atoms with E-state index in [1.54, 1.807) is 5.57 Å². The van der Waals surface area contributed by atoms with Crippen molar-refractivity contribution in [2.24, 2.45) is 17.3 Å². The standard InChI is InChI=1S/C23H44OSi/c1-7-25(8-2,9-3)24-22-15-12-18-23(6)20(16-17-21(22)23)14-11-10-13-19(4)5/h14,19,21-22H,7-13,15-18H2,1-6H3/b20-14-/t21-,22-,23+/m0/s1. The smallest absolute Gasteiger partial charge is 0.192 e. The fourth-order valence-corrected chi connectivity index (χ4v) is 8.49. The zero-order valence-electron chi connectivity index (χ0n) is 18.0. The molecule has 2 heteroatoms. The average molecular weight is 365 g/mol. The Bertz CT molecular complexity index is 429. The van der Waals surface area contributed by atoms with Crippen LogP contribution in [0.5, 0.6) is 0 Å². The number of hydrogen-bond acceptors (Lipinski definition) is 1. The molecule has 0 radical (unpaired) electrons. The highest BCUT2D eigenvalue weighted by Gasteiger charge is 2.50. The van der Waals surface area contributed by atoms with Gasteiger partial charge in [-0.2, -0.15) is 0 Å². The van der Waals surface area contributed by atoms with Gasteiger partial charge in [-0.3, -0.25) is 0 Å². The first-order valence-electron chi connectivity index (χ1n) is 11.3. The van der Waals surface area contributed by atoms with Crippen molar-refractivity contribution in [1.29, 1.82) is 0 Å². The van der Waals surface area contributed by atoms with Crippen LogP contribution in [0.25, 0.3) is 0 Å². The van der Waals surface area contributed by atoms with Gasteiger partial charge < -0.3 is 4.43 Å². The lowest BCUT2D eigenvalue weighted by molar-refractivity contribution is 0.0248. The highest BCUT2D eigenvalue weighted by atomic mass is 28.4. The summed E-state index contributed by atoms with van der Waals surface area (Å²) >= 11 is 0. The van der Waals surface area contributed by atoms with Crippen LogP contribution in [0.1, 0.15) is 92.9 Å². The Morgan fingerprint density at radius 3 is 2.44 bits per heavy atom. The minimum absolute atomic E-state index is 0.441. The molecule has 0 spiro atoms. The number of unbranched alkanes of at least 4 members (excludes halogenated alkanes) is 1. The Labute approximate surface area is 159 Å². The number of allylic oxidation sites excluding steroid dienone is 2. The predicted octanol–water partition coefficient (Wildman–Crippen LogP) is 7.73. The molecule has 3 atom stereocenters. The largest absolute Gasteiger partial charge is 0.414 e. The van der Waals surface area contributed by atoms with E-state index in [2.05, 4.69) is 47.6 Å². The lowest BCUT2D eigenvalue weighted by atomic mass is 9.66. The molecule has 2 rings (SSSR count). The molecule has 0 heterocycles. The summed E-state index contributed by atoms with van der Waals surface area (Å²) in [5.41, 5.74) is 2.22. The van der Waals surface area contributed by atoms with Crippen LogP contribution in [0, 0.1) is 17.3 Å². The van der Waals surface area contributed by atoms with E-state index in [4.69, 9.17) is 4.43 Å². The third kappa shape index (κ3) is 4.80. The third-order valence-electron chi connectivity index (χ3n) is 7.62. The highest BCUT2D eigenvalue weighted by Crippen LogP contribution is 2.56. The highest BCUT2D eigenvalue weighted by molar-refractivity contribution is 6.73. The lowest BCUT2D eigenvalue weighted by Gasteiger charge is -2.46. The topological polar surface area (TPSA) is 9.23 Å². The van der Waals surface area contributed by atoms with Gasteiger partial charge in [0.2, 0.25) is 0 Å². The zero-order valence-corrected chi connectivity index (χ0v) is 19.0. The second-order valence-corrected chi connectivity index (χ2v) is 14.1. The van der Waals surface area contributed by atoms with Crippen LogP contribution in [0.2, 0.25) is 18.1 Å². The fraction of sp³-hybridized carbons (Fsp3) is 0.913. The van der Waals surface area contributed by atoms with Gasteiger partial charge >= 0.3 is 0 Å². The van der Waals surface area contributed by atoms with Crippen LogP contribution in [-0.4, -0.2) is 14.4 Å². The molecular formula is C23H44OSi. The van der Waals surface area contributed by atoms with E-state index >= 15 is 0 Å². The molecule has 0 aliphatic heterocycles. The molecule has 2 aliphatic carbocycles. The van der Waals surface area contributed by atoms with Gasteiger partial charge in [0.25, 0.3) is 0 Å². The summed E-state index contributed by atoms with van der Waals surface area (Å²) in [4.78, 5) is 0. The van der Waals surface area contributed by atoms with Gasteiger partial charge in [0.15, 0.2) is 8.32 Å². The Morgan fingerprint density at radius 2 is 1.84 bits per heavy atom. The van der Waals surface area contributed by atoms with Crippen molar-refractivity contribution in [3.8, 4) is 0 Å². The molecule has 1 nitrogen and oxygen atoms in total. The molecule has 2 aliphatic rings. The van der Waals surface area contributed by atoms with Crippen molar-refractivity contribution < 1.29 is 4.43 Å². The van der Waals surface area contributed by atoms with Crippen LogP contribution in [0.4, 0.5) is 0 Å². The minimum Gasteiger partial charge on any atom is -0.414 e. The van der Waals surface area contributed by atoms with Gasteiger partial charge in [0.1, 0.15) is 0 Å². The van der Waals surface area contributed by atoms with E-state index in [1.165, 1.54) is 69.5 Å². The summed E-state index contributed by atoms with van der Waals surface area (Å²) in [6.07, 6.45) is 14.0. The Hall–Kier alpha value is -0.0831. The first-order chi connectivity index (χ1) is 11.9. The lowest BCUT2D eigenvalue weighted by Crippen LogP contribution is -2.47. The maximum absolute atomic E-state index is 7.02. The van der Waals surface area contributed by atoms with Gasteiger partial charge in [-0.25, -0.2) is 0 Å². The monoisotopic (exact) mass is 364 g/mol. The minimum atomic E-state index is -1.48. The van der Waals surface area contributed by atoms with E-state index in [9.17, 15) is 0 Å². The van der Waals surface area contributed by atoms with Crippen molar-refractivity contribution >= 4 is 8.32 Å². The summed E-state index contributed by atoms with van der Waals surface area (Å²) in [6, 6.07) is 3.87. The SMILES string of the molecule is CC[Si](CC)(CC)O[C@H]1CCC[C@]2(C)/C(=C\CCCC(C)C)CC[C@@H]12. The Kier molecular flexibility index (Phi) is 7.82. The summed E-state index contributed by atoms with van der Waals surface area (Å²) in [5, 5.41) is 0. The molecular weight excluding hydrogens is 320 g/mol. The first-order valence-corrected chi connectivity index (χ1v) is 13.8. The van der Waals surface area contributed by atoms with E-state index in [1.807, 2.05) is 0 Å². The molecule has 0 aromatic rings. The first kappa shape index (κ1) is 21.2. The van der Waals surface area contributed by atoms with E-state index in [0.717, 1.165) is 11.8 Å². The molecule has 0 bridgehead atoms. The fourth-order valence-electron chi connectivity index (χ4n) is 5.57. The maximum atomic E-state index is 7.02. The van der Waals surface area contributed by atoms with Gasteiger partial charge in [0, 0.05) is 6.10 Å². The third-order valence-corrected chi connectivity index (χ3v) is 12.3. The number of fused-ring (bicyclic) bond motifs is 1. The zero-order chi connectivity index (χ0) is 18.5. The van der Waals surface area contributed by atoms with Crippen molar-refractivity contribution in [3.63, 3.8) is 0 Å². The Morgan fingerprint density at radius 1 is 1.16 bits per heavy atom. The summed E-state index contributed by atoms with van der Waals surface area (Å²) in [5.74, 6) is 1.63. The van der Waals surface area contributed by atoms with Gasteiger partial charge in [0.05, 0.1) is 0 Å². The molecule has 2 saturated carbocycles. The van der Waals surface area contributed by atoms with Crippen molar-refractivity contribution in [1.82, 2.24) is 0 Å². The van der Waals surface area contributed by atoms with E-state index in [-0.39, 0.29) is 0 Å². The van der Waals surface area contributed by atoms with Crippen LogP contribution in [0.15, 0.2) is 11.6 Å². The van der Waals surface area contributed by atoms with E-state index < -0.39 is 8.32 Å². The molecule has 0 unspecified atom stereocenters. The molecule has 146 valence electrons. The molecule has 0 aromatic heterocycles. The normalized spacial score (nSPS) is 31.7. The van der Waals surface area contributed by atoms with Gasteiger partial charge in [-0.1, -0.05) is 66.0 Å². The van der Waals surface area contributed by atoms with E-state index in [0.29, 0.717) is 11.5 Å². The van der Waals surface area contributed by atoms with Crippen molar-refractivity contribution in [2.45, 2.75) is 117 Å². The maximum Gasteiger partial charge on any atom is 0.192 e. The molecule has 2 fully saturated rings. The molecule has 0 amide bonds. The van der Waals surface area contributed by atoms with Gasteiger partial charge in [-0.05, 0) is 73.9 Å². The summed E-state index contributed by atoms with van der Waals surface area (Å²) in [6.45, 7) is 14.4. The van der Waals surface area contributed by atoms with Crippen LogP contribution in [0.3, 0.4) is 0 Å². The number of hydrogen-bond donors (Lipinski definition) is 0. The molecule has 0 saturated heterocycles. The molecule has 0 aromatic carbocycles. The van der Waals surface area contributed by atoms with Crippen LogP contribution in [-0.2, 0) is 4.43 Å². The molecule has 0 N–H and O–H groups in total. The van der Waals surface area contributed by atoms with Crippen LogP contribution < -0.4 is 0 Å². The summed E-state index contributed by atoms with van der Waals surface area (Å²) in [7, 11) is -1.48. The van der Waals surface area contributed by atoms with Crippen LogP contribution >= 0.6 is 0 Å². The predicted molar refractivity (Wildman–Crippen MR) is 114 cm³/mol. The van der Waals surface area contributed by atoms with Crippen molar-refractivity contribution in [3.05, 3.63) is 11.6 Å². The molecule has 25 heavy (non-hydrogen) atoms. The average Bonchev–Trinajstić information content (AvgIpc) is 2.94. The number of rotatable bonds is 9. The summed E-state index contributed by atoms with van der Waals surface area (Å²) < 4.78 is 7.02. The quantitative estimate of drug-likeness (QED) is 0.231. The second-order valence-electron chi connectivity index (χ2n) is 9.41. The second kappa shape index (κ2) is 9.22. The Balaban J connectivity index is 2.06.